The molecular weight excluding hydrogens is 362 g/mol. The van der Waals surface area contributed by atoms with Crippen LogP contribution < -0.4 is 0 Å². The van der Waals surface area contributed by atoms with E-state index < -0.39 is 0 Å². The van der Waals surface area contributed by atoms with Crippen LogP contribution in [0.5, 0.6) is 0 Å². The number of piperazine rings is 1. The lowest BCUT2D eigenvalue weighted by molar-refractivity contribution is 0.00123. The topological polar surface area (TPSA) is 39.2 Å². The number of morpholine rings is 1. The van der Waals surface area contributed by atoms with Gasteiger partial charge in [-0.25, -0.2) is 0 Å². The number of β-amino-alcohol motifs (C(OH)–C–C–N with tert-alkyl or cyclic N) is 1. The van der Waals surface area contributed by atoms with E-state index in [4.69, 9.17) is 4.74 Å². The third-order valence-corrected chi connectivity index (χ3v) is 6.04. The molecule has 0 spiro atoms. The van der Waals surface area contributed by atoms with Crippen LogP contribution in [0, 0.1) is 0 Å². The van der Waals surface area contributed by atoms with Gasteiger partial charge in [0.1, 0.15) is 0 Å². The number of benzene rings is 2. The predicted molar refractivity (Wildman–Crippen MR) is 116 cm³/mol. The Bertz CT molecular complexity index is 674. The Balaban J connectivity index is 1.34. The van der Waals surface area contributed by atoms with Crippen molar-refractivity contribution in [3.8, 4) is 0 Å². The summed E-state index contributed by atoms with van der Waals surface area (Å²) in [6.45, 7) is 8.95. The minimum atomic E-state index is -0.293. The first-order valence-electron chi connectivity index (χ1n) is 10.8. The molecule has 2 heterocycles. The molecule has 2 aromatic rings. The maximum atomic E-state index is 10.5. The van der Waals surface area contributed by atoms with Crippen molar-refractivity contribution in [3.63, 3.8) is 0 Å². The fraction of sp³-hybridized carbons (Fsp3) is 0.500. The second-order valence-electron chi connectivity index (χ2n) is 8.13. The minimum Gasteiger partial charge on any atom is -0.390 e. The fourth-order valence-corrected chi connectivity index (χ4v) is 4.53. The highest BCUT2D eigenvalue weighted by atomic mass is 16.5. The van der Waals surface area contributed by atoms with Gasteiger partial charge in [0.2, 0.25) is 0 Å². The summed E-state index contributed by atoms with van der Waals surface area (Å²) in [6.07, 6.45) is -0.293. The molecule has 5 nitrogen and oxygen atoms in total. The molecule has 0 unspecified atom stereocenters. The Morgan fingerprint density at radius 1 is 0.690 bits per heavy atom. The van der Waals surface area contributed by atoms with Gasteiger partial charge in [0.25, 0.3) is 0 Å². The Labute approximate surface area is 174 Å². The van der Waals surface area contributed by atoms with Crippen LogP contribution in [0.1, 0.15) is 17.2 Å². The molecule has 156 valence electrons. The normalized spacial score (nSPS) is 20.8. The Hall–Kier alpha value is -1.76. The van der Waals surface area contributed by atoms with Crippen molar-refractivity contribution in [3.05, 3.63) is 71.8 Å². The zero-order valence-electron chi connectivity index (χ0n) is 17.2. The molecule has 2 saturated heterocycles. The minimum absolute atomic E-state index is 0.290. The van der Waals surface area contributed by atoms with Gasteiger partial charge in [-0.15, -0.1) is 0 Å². The van der Waals surface area contributed by atoms with Gasteiger partial charge in [0.05, 0.1) is 25.4 Å². The summed E-state index contributed by atoms with van der Waals surface area (Å²) in [5.74, 6) is 0. The number of hydrogen-bond acceptors (Lipinski definition) is 5. The van der Waals surface area contributed by atoms with E-state index >= 15 is 0 Å². The summed E-state index contributed by atoms with van der Waals surface area (Å²) in [6, 6.07) is 21.9. The van der Waals surface area contributed by atoms with E-state index in [1.54, 1.807) is 0 Å². The summed E-state index contributed by atoms with van der Waals surface area (Å²) < 4.78 is 5.40. The van der Waals surface area contributed by atoms with Gasteiger partial charge < -0.3 is 9.84 Å². The van der Waals surface area contributed by atoms with Gasteiger partial charge in [-0.1, -0.05) is 60.7 Å². The van der Waals surface area contributed by atoms with Gasteiger partial charge in [-0.2, -0.15) is 0 Å². The Morgan fingerprint density at radius 2 is 1.17 bits per heavy atom. The smallest absolute Gasteiger partial charge is 0.0793 e. The van der Waals surface area contributed by atoms with E-state index in [9.17, 15) is 5.11 Å². The lowest BCUT2D eigenvalue weighted by atomic mass is 9.96. The van der Waals surface area contributed by atoms with Crippen LogP contribution in [0.4, 0.5) is 0 Å². The van der Waals surface area contributed by atoms with Crippen molar-refractivity contribution in [1.29, 1.82) is 0 Å². The lowest BCUT2D eigenvalue weighted by Crippen LogP contribution is -2.51. The number of aliphatic hydroxyl groups excluding tert-OH is 1. The zero-order chi connectivity index (χ0) is 19.9. The number of ether oxygens (including phenoxy) is 1. The van der Waals surface area contributed by atoms with Crippen molar-refractivity contribution in [1.82, 2.24) is 14.7 Å². The molecular formula is C24H33N3O2. The molecule has 4 rings (SSSR count). The SMILES string of the molecule is O[C@@H](CN1CCOCC1)CN1CCN(C(c2ccccc2)c2ccccc2)CC1. The summed E-state index contributed by atoms with van der Waals surface area (Å²) >= 11 is 0. The molecule has 0 aliphatic carbocycles. The van der Waals surface area contributed by atoms with Gasteiger partial charge in [-0.05, 0) is 11.1 Å². The number of hydrogen-bond donors (Lipinski definition) is 1. The maximum Gasteiger partial charge on any atom is 0.0793 e. The third kappa shape index (κ3) is 5.65. The predicted octanol–water partition coefficient (Wildman–Crippen LogP) is 2.09. The molecule has 2 aromatic carbocycles. The number of rotatable bonds is 7. The monoisotopic (exact) mass is 395 g/mol. The summed E-state index contributed by atoms with van der Waals surface area (Å²) in [7, 11) is 0. The lowest BCUT2D eigenvalue weighted by Gasteiger charge is -2.40. The van der Waals surface area contributed by atoms with E-state index in [2.05, 4.69) is 75.4 Å². The molecule has 2 aliphatic heterocycles. The van der Waals surface area contributed by atoms with Crippen LogP contribution in [0.25, 0.3) is 0 Å². The van der Waals surface area contributed by atoms with Crippen LogP contribution in [0.3, 0.4) is 0 Å². The Morgan fingerprint density at radius 3 is 1.69 bits per heavy atom. The fourth-order valence-electron chi connectivity index (χ4n) is 4.53. The summed E-state index contributed by atoms with van der Waals surface area (Å²) in [5, 5.41) is 10.5. The molecule has 2 fully saturated rings. The largest absolute Gasteiger partial charge is 0.390 e. The molecule has 0 radical (unpaired) electrons. The Kier molecular flexibility index (Phi) is 7.30. The summed E-state index contributed by atoms with van der Waals surface area (Å²) in [5.41, 5.74) is 2.69. The second-order valence-corrected chi connectivity index (χ2v) is 8.13. The van der Waals surface area contributed by atoms with Crippen molar-refractivity contribution in [2.24, 2.45) is 0 Å². The molecule has 0 aromatic heterocycles. The van der Waals surface area contributed by atoms with E-state index in [0.717, 1.165) is 65.6 Å². The van der Waals surface area contributed by atoms with Gasteiger partial charge in [0.15, 0.2) is 0 Å². The van der Waals surface area contributed by atoms with E-state index in [1.807, 2.05) is 0 Å². The highest BCUT2D eigenvalue weighted by Crippen LogP contribution is 2.29. The van der Waals surface area contributed by atoms with Crippen LogP contribution in [-0.2, 0) is 4.74 Å². The second kappa shape index (κ2) is 10.3. The first kappa shape index (κ1) is 20.5. The van der Waals surface area contributed by atoms with Crippen LogP contribution >= 0.6 is 0 Å². The first-order valence-corrected chi connectivity index (χ1v) is 10.8. The van der Waals surface area contributed by atoms with Gasteiger partial charge in [-0.3, -0.25) is 14.7 Å². The van der Waals surface area contributed by atoms with Crippen molar-refractivity contribution < 1.29 is 9.84 Å². The highest BCUT2D eigenvalue weighted by molar-refractivity contribution is 5.31. The molecule has 2 aliphatic rings. The van der Waals surface area contributed by atoms with Gasteiger partial charge >= 0.3 is 0 Å². The molecule has 0 saturated carbocycles. The molecule has 5 heteroatoms. The number of aliphatic hydroxyl groups is 1. The summed E-state index contributed by atoms with van der Waals surface area (Å²) in [4.78, 5) is 7.30. The first-order chi connectivity index (χ1) is 14.3. The maximum absolute atomic E-state index is 10.5. The molecule has 29 heavy (non-hydrogen) atoms. The molecule has 1 N–H and O–H groups in total. The average molecular weight is 396 g/mol. The quantitative estimate of drug-likeness (QED) is 0.777. The average Bonchev–Trinajstić information content (AvgIpc) is 2.77. The molecule has 1 atom stereocenters. The van der Waals surface area contributed by atoms with Gasteiger partial charge in [0, 0.05) is 52.4 Å². The molecule has 0 bridgehead atoms. The standard InChI is InChI=1S/C24H33N3O2/c28-23(20-26-15-17-29-18-16-26)19-25-11-13-27(14-12-25)24(21-7-3-1-4-8-21)22-9-5-2-6-10-22/h1-10,23-24,28H,11-20H2/t23-/m1/s1. The van der Waals surface area contributed by atoms with E-state index in [1.165, 1.54) is 11.1 Å². The van der Waals surface area contributed by atoms with Crippen molar-refractivity contribution in [2.75, 3.05) is 65.6 Å². The van der Waals surface area contributed by atoms with Crippen LogP contribution in [0.2, 0.25) is 0 Å². The van der Waals surface area contributed by atoms with Crippen LogP contribution in [0.15, 0.2) is 60.7 Å². The molecule has 0 amide bonds. The number of nitrogens with zero attached hydrogens (tertiary/aromatic N) is 3. The van der Waals surface area contributed by atoms with E-state index in [-0.39, 0.29) is 12.1 Å². The zero-order valence-corrected chi connectivity index (χ0v) is 17.2. The van der Waals surface area contributed by atoms with Crippen molar-refractivity contribution in [2.45, 2.75) is 12.1 Å². The third-order valence-electron chi connectivity index (χ3n) is 6.04. The van der Waals surface area contributed by atoms with Crippen LogP contribution in [-0.4, -0.2) is 91.5 Å². The van der Waals surface area contributed by atoms with Crippen molar-refractivity contribution >= 4 is 0 Å². The highest BCUT2D eigenvalue weighted by Gasteiger charge is 2.27. The van der Waals surface area contributed by atoms with E-state index in [0.29, 0.717) is 0 Å².